The number of carbonyl (C=O) groups is 3. The van der Waals surface area contributed by atoms with Gasteiger partial charge in [0, 0.05) is 12.3 Å². The number of aryl methyl sites for hydroxylation is 1. The number of anilines is 1. The third-order valence-corrected chi connectivity index (χ3v) is 5.50. The number of hydrogen-bond donors (Lipinski definition) is 0. The molecule has 1 aliphatic heterocycles. The SMILES string of the molecule is CCOC(=O)c1ccc(N2C(=O)c3cnc4c(c(C)nn4-c4ccc(F)cc4F)c3C2=O)cc1. The number of benzene rings is 2. The Morgan fingerprint density at radius 2 is 1.79 bits per heavy atom. The minimum atomic E-state index is -0.850. The van der Waals surface area contributed by atoms with E-state index in [2.05, 4.69) is 10.1 Å². The molecule has 2 aromatic carbocycles. The molecular weight excluding hydrogens is 446 g/mol. The van der Waals surface area contributed by atoms with Crippen LogP contribution in [0.2, 0.25) is 0 Å². The maximum atomic E-state index is 14.4. The Balaban J connectivity index is 1.60. The lowest BCUT2D eigenvalue weighted by molar-refractivity contribution is 0.0526. The smallest absolute Gasteiger partial charge is 0.338 e. The van der Waals surface area contributed by atoms with Crippen LogP contribution in [0.3, 0.4) is 0 Å². The lowest BCUT2D eigenvalue weighted by atomic mass is 10.1. The molecule has 34 heavy (non-hydrogen) atoms. The third kappa shape index (κ3) is 3.14. The van der Waals surface area contributed by atoms with Crippen LogP contribution in [0, 0.1) is 18.6 Å². The number of esters is 1. The highest BCUT2D eigenvalue weighted by molar-refractivity contribution is 6.37. The lowest BCUT2D eigenvalue weighted by Gasteiger charge is -2.14. The summed E-state index contributed by atoms with van der Waals surface area (Å²) in [6.07, 6.45) is 1.24. The number of fused-ring (bicyclic) bond motifs is 3. The van der Waals surface area contributed by atoms with Gasteiger partial charge < -0.3 is 4.74 Å². The first-order valence-corrected chi connectivity index (χ1v) is 10.3. The van der Waals surface area contributed by atoms with E-state index < -0.39 is 29.4 Å². The molecule has 0 radical (unpaired) electrons. The molecule has 2 amide bonds. The number of halogens is 2. The van der Waals surface area contributed by atoms with Gasteiger partial charge in [-0.05, 0) is 50.2 Å². The molecule has 0 saturated carbocycles. The van der Waals surface area contributed by atoms with Crippen LogP contribution >= 0.6 is 0 Å². The summed E-state index contributed by atoms with van der Waals surface area (Å²) >= 11 is 0. The molecule has 0 unspecified atom stereocenters. The quantitative estimate of drug-likeness (QED) is 0.336. The van der Waals surface area contributed by atoms with Gasteiger partial charge in [0.25, 0.3) is 11.8 Å². The topological polar surface area (TPSA) is 94.4 Å². The summed E-state index contributed by atoms with van der Waals surface area (Å²) in [7, 11) is 0. The fraction of sp³-hybridized carbons (Fsp3) is 0.125. The Labute approximate surface area is 191 Å². The van der Waals surface area contributed by atoms with Crippen LogP contribution < -0.4 is 4.90 Å². The van der Waals surface area contributed by atoms with Gasteiger partial charge in [-0.15, -0.1) is 0 Å². The highest BCUT2D eigenvalue weighted by Crippen LogP contribution is 2.35. The Morgan fingerprint density at radius 1 is 1.06 bits per heavy atom. The van der Waals surface area contributed by atoms with Crippen LogP contribution in [-0.4, -0.2) is 39.2 Å². The number of pyridine rings is 1. The normalized spacial score (nSPS) is 13.0. The minimum absolute atomic E-state index is 0.0462. The third-order valence-electron chi connectivity index (χ3n) is 5.50. The summed E-state index contributed by atoms with van der Waals surface area (Å²) in [4.78, 5) is 43.6. The van der Waals surface area contributed by atoms with Gasteiger partial charge in [0.05, 0.1) is 40.1 Å². The molecule has 2 aromatic heterocycles. The molecule has 0 spiro atoms. The van der Waals surface area contributed by atoms with Crippen molar-refractivity contribution in [3.05, 3.63) is 82.7 Å². The number of rotatable bonds is 4. The second-order valence-corrected chi connectivity index (χ2v) is 7.55. The number of ether oxygens (including phenoxy) is 1. The predicted molar refractivity (Wildman–Crippen MR) is 117 cm³/mol. The van der Waals surface area contributed by atoms with E-state index >= 15 is 0 Å². The summed E-state index contributed by atoms with van der Waals surface area (Å²) in [5.74, 6) is -3.29. The monoisotopic (exact) mass is 462 g/mol. The molecule has 5 rings (SSSR count). The van der Waals surface area contributed by atoms with E-state index in [0.717, 1.165) is 17.0 Å². The summed E-state index contributed by atoms with van der Waals surface area (Å²) in [5, 5.41) is 4.59. The number of hydrogen-bond acceptors (Lipinski definition) is 6. The van der Waals surface area contributed by atoms with Crippen LogP contribution in [0.4, 0.5) is 14.5 Å². The molecule has 4 aromatic rings. The molecule has 10 heteroatoms. The standard InChI is InChI=1S/C24H16F2N4O4/c1-3-34-24(33)13-4-7-15(8-5-13)29-22(31)16-11-27-21-19(20(16)23(29)32)12(2)28-30(21)18-9-6-14(25)10-17(18)26/h4-11H,3H2,1-2H3. The van der Waals surface area contributed by atoms with E-state index in [0.29, 0.717) is 11.1 Å². The first-order chi connectivity index (χ1) is 16.3. The van der Waals surface area contributed by atoms with Crippen LogP contribution in [-0.2, 0) is 4.74 Å². The average Bonchev–Trinajstić information content (AvgIpc) is 3.27. The van der Waals surface area contributed by atoms with E-state index in [1.165, 1.54) is 41.2 Å². The lowest BCUT2D eigenvalue weighted by Crippen LogP contribution is -2.29. The summed E-state index contributed by atoms with van der Waals surface area (Å²) in [6, 6.07) is 8.91. The van der Waals surface area contributed by atoms with Crippen molar-refractivity contribution in [2.45, 2.75) is 13.8 Å². The molecule has 0 saturated heterocycles. The number of imide groups is 1. The van der Waals surface area contributed by atoms with Crippen molar-refractivity contribution in [1.82, 2.24) is 14.8 Å². The Morgan fingerprint density at radius 3 is 2.47 bits per heavy atom. The summed E-state index contributed by atoms with van der Waals surface area (Å²) in [5.41, 5.74) is 1.18. The molecule has 0 fully saturated rings. The number of aromatic nitrogens is 3. The molecule has 8 nitrogen and oxygen atoms in total. The average molecular weight is 462 g/mol. The summed E-state index contributed by atoms with van der Waals surface area (Å²) < 4.78 is 33.9. The van der Waals surface area contributed by atoms with Gasteiger partial charge in [0.2, 0.25) is 0 Å². The van der Waals surface area contributed by atoms with Crippen molar-refractivity contribution in [2.75, 3.05) is 11.5 Å². The fourth-order valence-corrected chi connectivity index (χ4v) is 3.98. The van der Waals surface area contributed by atoms with Crippen molar-refractivity contribution >= 4 is 34.5 Å². The van der Waals surface area contributed by atoms with E-state index in [9.17, 15) is 23.2 Å². The highest BCUT2D eigenvalue weighted by Gasteiger charge is 2.40. The van der Waals surface area contributed by atoms with Crippen molar-refractivity contribution in [2.24, 2.45) is 0 Å². The molecular formula is C24H16F2N4O4. The maximum absolute atomic E-state index is 14.4. The zero-order valence-corrected chi connectivity index (χ0v) is 18.0. The summed E-state index contributed by atoms with van der Waals surface area (Å²) in [6.45, 7) is 3.52. The van der Waals surface area contributed by atoms with Crippen molar-refractivity contribution < 1.29 is 27.9 Å². The van der Waals surface area contributed by atoms with Crippen LogP contribution in [0.5, 0.6) is 0 Å². The molecule has 0 N–H and O–H groups in total. The van der Waals surface area contributed by atoms with Gasteiger partial charge in [-0.25, -0.2) is 28.1 Å². The van der Waals surface area contributed by atoms with Crippen molar-refractivity contribution in [1.29, 1.82) is 0 Å². The van der Waals surface area contributed by atoms with Crippen LogP contribution in [0.25, 0.3) is 16.7 Å². The fourth-order valence-electron chi connectivity index (χ4n) is 3.98. The van der Waals surface area contributed by atoms with E-state index in [1.807, 2.05) is 0 Å². The Hall–Kier alpha value is -4.47. The first-order valence-electron chi connectivity index (χ1n) is 10.3. The largest absolute Gasteiger partial charge is 0.462 e. The number of amides is 2. The first kappa shape index (κ1) is 21.4. The van der Waals surface area contributed by atoms with E-state index in [1.54, 1.807) is 13.8 Å². The van der Waals surface area contributed by atoms with Gasteiger partial charge in [0.15, 0.2) is 11.5 Å². The molecule has 0 atom stereocenters. The second kappa shape index (κ2) is 7.84. The van der Waals surface area contributed by atoms with Gasteiger partial charge >= 0.3 is 5.97 Å². The van der Waals surface area contributed by atoms with Crippen molar-refractivity contribution in [3.63, 3.8) is 0 Å². The zero-order valence-electron chi connectivity index (χ0n) is 18.0. The molecule has 0 aliphatic carbocycles. The van der Waals surface area contributed by atoms with Crippen LogP contribution in [0.15, 0.2) is 48.7 Å². The maximum Gasteiger partial charge on any atom is 0.338 e. The Bertz CT molecular complexity index is 1510. The molecule has 3 heterocycles. The van der Waals surface area contributed by atoms with Gasteiger partial charge in [0.1, 0.15) is 11.5 Å². The van der Waals surface area contributed by atoms with Gasteiger partial charge in [-0.3, -0.25) is 9.59 Å². The Kier molecular flexibility index (Phi) is 4.93. The van der Waals surface area contributed by atoms with E-state index in [4.69, 9.17) is 4.74 Å². The molecule has 170 valence electrons. The van der Waals surface area contributed by atoms with Gasteiger partial charge in [-0.1, -0.05) is 0 Å². The van der Waals surface area contributed by atoms with Crippen molar-refractivity contribution in [3.8, 4) is 5.69 Å². The molecule has 0 bridgehead atoms. The zero-order chi connectivity index (χ0) is 24.1. The predicted octanol–water partition coefficient (Wildman–Crippen LogP) is 3.98. The number of nitrogens with zero attached hydrogens (tertiary/aromatic N) is 4. The second-order valence-electron chi connectivity index (χ2n) is 7.55. The van der Waals surface area contributed by atoms with Gasteiger partial charge in [-0.2, -0.15) is 5.10 Å². The highest BCUT2D eigenvalue weighted by atomic mass is 19.1. The molecule has 1 aliphatic rings. The minimum Gasteiger partial charge on any atom is -0.462 e. The van der Waals surface area contributed by atoms with E-state index in [-0.39, 0.29) is 40.3 Å². The van der Waals surface area contributed by atoms with Crippen LogP contribution in [0.1, 0.15) is 43.7 Å². The number of carbonyl (C=O) groups excluding carboxylic acids is 3.